The van der Waals surface area contributed by atoms with Crippen LogP contribution >= 0.6 is 26.2 Å². The average molecular weight is 979 g/mol. The smallest absolute Gasteiger partial charge is 0.406 e. The van der Waals surface area contributed by atoms with Crippen LogP contribution < -0.4 is 16.2 Å². The molecule has 5 N–H and O–H groups in total. The van der Waals surface area contributed by atoms with Crippen molar-refractivity contribution in [3.63, 3.8) is 0 Å². The van der Waals surface area contributed by atoms with Crippen LogP contribution in [-0.2, 0) is 48.6 Å². The Morgan fingerprint density at radius 3 is 2.48 bits per heavy atom. The first-order valence-corrected chi connectivity index (χ1v) is 28.0. The lowest BCUT2D eigenvalue weighted by Gasteiger charge is -2.40. The van der Waals surface area contributed by atoms with Crippen LogP contribution in [0.5, 0.6) is 0 Å². The molecule has 26 heteroatoms. The number of nitrogens with zero attached hydrogens (tertiary/aromatic N) is 6. The first-order valence-electron chi connectivity index (χ1n) is 20.2. The molecule has 4 aromatic heterocycles. The molecule has 3 unspecified atom stereocenters. The fraction of sp³-hybridized carbons (Fsp3) is 0.500. The van der Waals surface area contributed by atoms with Gasteiger partial charge in [0.15, 0.2) is 38.0 Å². The van der Waals surface area contributed by atoms with Gasteiger partial charge in [-0.1, -0.05) is 52.8 Å². The van der Waals surface area contributed by atoms with Crippen LogP contribution in [0.15, 0.2) is 60.0 Å². The SMILES string of the molecule is CC(C)C(=O)Nc1nc2c(ncn2[C@@H]2O[C@H](CO)C[C@@H]2OP(O)(=S)OC[C@H]2O[C@@H](n3ccc4c(NC(=O)c5ccccc5)ncnc43)[C@@H](O[Si](C)(C)C(C)(C)C)C2O[P+](=O)S)c(=O)[nH]1. The molecule has 7 rings (SSSR count). The summed E-state index contributed by atoms with van der Waals surface area (Å²) in [5.74, 6) is -1.03. The number of nitrogens with one attached hydrogen (secondary N) is 3. The molecule has 0 bridgehead atoms. The van der Waals surface area contributed by atoms with E-state index in [-0.39, 0.29) is 46.2 Å². The zero-order chi connectivity index (χ0) is 46.3. The molecular weight excluding hydrogens is 929 g/mol. The van der Waals surface area contributed by atoms with Crippen LogP contribution in [0.25, 0.3) is 22.2 Å². The number of aliphatic hydroxyl groups is 1. The maximum Gasteiger partial charge on any atom is 0.582 e. The topological polar surface area (TPSA) is 265 Å². The van der Waals surface area contributed by atoms with Crippen molar-refractivity contribution in [3.8, 4) is 0 Å². The lowest BCUT2D eigenvalue weighted by molar-refractivity contribution is -0.118. The van der Waals surface area contributed by atoms with Gasteiger partial charge in [-0.25, -0.2) is 15.0 Å². The van der Waals surface area contributed by atoms with Crippen LogP contribution in [-0.4, -0.2) is 108 Å². The maximum absolute atomic E-state index is 13.1. The number of hydrogen-bond acceptors (Lipinski definition) is 16. The lowest BCUT2D eigenvalue weighted by Crippen LogP contribution is -2.49. The van der Waals surface area contributed by atoms with Gasteiger partial charge in [0.05, 0.1) is 31.0 Å². The molecule has 2 aliphatic heterocycles. The van der Waals surface area contributed by atoms with E-state index in [1.807, 2.05) is 13.1 Å². The summed E-state index contributed by atoms with van der Waals surface area (Å²) in [6.07, 6.45) is -2.75. The Kier molecular flexibility index (Phi) is 14.4. The van der Waals surface area contributed by atoms with Crippen molar-refractivity contribution >= 4 is 92.1 Å². The van der Waals surface area contributed by atoms with Gasteiger partial charge in [-0.2, -0.15) is 4.98 Å². The Morgan fingerprint density at radius 1 is 1.08 bits per heavy atom. The highest BCUT2D eigenvalue weighted by atomic mass is 32.7. The predicted molar refractivity (Wildman–Crippen MR) is 244 cm³/mol. The van der Waals surface area contributed by atoms with E-state index in [1.54, 1.807) is 61.0 Å². The first-order chi connectivity index (χ1) is 30.2. The number of H-pyrrole nitrogens is 1. The number of aromatic amines is 1. The summed E-state index contributed by atoms with van der Waals surface area (Å²) in [7, 11) is -5.20. The van der Waals surface area contributed by atoms with Crippen molar-refractivity contribution in [3.05, 3.63) is 71.2 Å². The Hall–Kier alpha value is -3.87. The minimum absolute atomic E-state index is 0.0275. The molecular formula is C38H50N9O12P2S2Si+. The second-order valence-corrected chi connectivity index (χ2v) is 26.3. The molecule has 0 radical (unpaired) electrons. The highest BCUT2D eigenvalue weighted by Gasteiger charge is 2.55. The van der Waals surface area contributed by atoms with Crippen LogP contribution in [0.2, 0.25) is 18.1 Å². The van der Waals surface area contributed by atoms with Crippen molar-refractivity contribution in [2.45, 2.75) is 102 Å². The molecule has 2 amide bonds. The van der Waals surface area contributed by atoms with Gasteiger partial charge in [0.25, 0.3) is 11.5 Å². The first kappa shape index (κ1) is 48.1. The van der Waals surface area contributed by atoms with Crippen molar-refractivity contribution in [2.24, 2.45) is 5.92 Å². The number of hydrogen-bond donors (Lipinski definition) is 6. The number of thiol groups is 1. The average Bonchev–Trinajstić information content (AvgIpc) is 4.02. The van der Waals surface area contributed by atoms with Gasteiger partial charge >= 0.3 is 13.9 Å². The zero-order valence-electron chi connectivity index (χ0n) is 35.8. The number of anilines is 2. The summed E-state index contributed by atoms with van der Waals surface area (Å²) in [5.41, 5.74) is 0.141. The van der Waals surface area contributed by atoms with Gasteiger partial charge in [-0.05, 0) is 52.7 Å². The number of imidazole rings is 1. The fourth-order valence-electron chi connectivity index (χ4n) is 6.96. The largest absolute Gasteiger partial charge is 0.582 e. The molecule has 9 atom stereocenters. The third kappa shape index (κ3) is 10.4. The van der Waals surface area contributed by atoms with Crippen LogP contribution in [0.1, 0.15) is 63.9 Å². The van der Waals surface area contributed by atoms with Gasteiger partial charge < -0.3 is 42.8 Å². The number of fused-ring (bicyclic) bond motifs is 2. The number of aromatic nitrogens is 7. The molecule has 2 aliphatic rings. The van der Waals surface area contributed by atoms with E-state index in [2.05, 4.69) is 68.6 Å². The highest BCUT2D eigenvalue weighted by Crippen LogP contribution is 2.52. The van der Waals surface area contributed by atoms with E-state index >= 15 is 0 Å². The number of carbonyl (C=O) groups is 2. The van der Waals surface area contributed by atoms with Gasteiger partial charge in [-0.3, -0.25) is 29.3 Å². The maximum atomic E-state index is 13.1. The molecule has 0 aliphatic carbocycles. The minimum atomic E-state index is -4.23. The molecule has 64 heavy (non-hydrogen) atoms. The Bertz CT molecular complexity index is 2650. The van der Waals surface area contributed by atoms with E-state index in [9.17, 15) is 28.9 Å². The standard InChI is InChI=1S/C38H49N9O12P2S2Si/c1-20(2)32(49)44-37-43-31-26(34(51)45-37)41-19-47(31)35-24(15-22(16-48)55-35)58-61(53,63)54-17-25-27(57-60(52)62)28(59-64(6,7)38(3,4)5)36(56-25)46-14-13-23-29(39-18-40-30(23)46)42-33(50)21-11-9-8-10-12-21/h8-14,18-20,22,24-25,27-28,35-36,48H,15-17H2,1-7H3,(H4-,39,40,42,43,44,45,49,50,51,52,53,62,63)/p+1/t22-,24-,25+,27?,28-,35+,36+,61?/m0/s1. The fourth-order valence-corrected chi connectivity index (χ4v) is 10.5. The second-order valence-electron chi connectivity index (χ2n) is 17.1. The number of rotatable bonds is 16. The van der Waals surface area contributed by atoms with Crippen molar-refractivity contribution in [1.82, 2.24) is 34.1 Å². The van der Waals surface area contributed by atoms with Crippen molar-refractivity contribution < 1.29 is 51.6 Å². The third-order valence-electron chi connectivity index (χ3n) is 11.3. The molecule has 344 valence electrons. The van der Waals surface area contributed by atoms with Crippen LogP contribution in [0.4, 0.5) is 11.8 Å². The monoisotopic (exact) mass is 978 g/mol. The molecule has 21 nitrogen and oxygen atoms in total. The molecule has 2 fully saturated rings. The van der Waals surface area contributed by atoms with Crippen molar-refractivity contribution in [1.29, 1.82) is 0 Å². The minimum Gasteiger partial charge on any atom is -0.406 e. The Balaban J connectivity index is 1.16. The van der Waals surface area contributed by atoms with Crippen LogP contribution in [0.3, 0.4) is 0 Å². The summed E-state index contributed by atoms with van der Waals surface area (Å²) in [6.45, 7) is 8.53. The summed E-state index contributed by atoms with van der Waals surface area (Å²) in [5, 5.41) is 15.7. The quantitative estimate of drug-likeness (QED) is 0.0401. The van der Waals surface area contributed by atoms with Crippen molar-refractivity contribution in [2.75, 3.05) is 23.8 Å². The van der Waals surface area contributed by atoms with E-state index in [4.69, 9.17) is 39.3 Å². The number of aliphatic hydroxyl groups excluding tert-OH is 1. The molecule has 0 spiro atoms. The molecule has 6 heterocycles. The van der Waals surface area contributed by atoms with Gasteiger partial charge in [0, 0.05) is 24.1 Å². The van der Waals surface area contributed by atoms with E-state index in [0.29, 0.717) is 16.6 Å². The van der Waals surface area contributed by atoms with E-state index in [1.165, 1.54) is 17.2 Å². The number of ether oxygens (including phenoxy) is 2. The summed E-state index contributed by atoms with van der Waals surface area (Å²) < 4.78 is 53.5. The molecule has 5 aromatic rings. The van der Waals surface area contributed by atoms with Gasteiger partial charge in [0.2, 0.25) is 11.9 Å². The summed E-state index contributed by atoms with van der Waals surface area (Å²) in [4.78, 5) is 70.1. The predicted octanol–water partition coefficient (Wildman–Crippen LogP) is 5.57. The zero-order valence-corrected chi connectivity index (χ0v) is 40.3. The number of carbonyl (C=O) groups excluding carboxylic acids is 2. The number of amides is 2. The molecule has 0 saturated carbocycles. The van der Waals surface area contributed by atoms with Gasteiger partial charge in [-0.15, -0.1) is 4.52 Å². The van der Waals surface area contributed by atoms with Crippen LogP contribution in [0, 0.1) is 5.92 Å². The summed E-state index contributed by atoms with van der Waals surface area (Å²) >= 11 is 9.63. The molecule has 1 aromatic carbocycles. The number of benzene rings is 1. The second kappa shape index (κ2) is 19.2. The Morgan fingerprint density at radius 2 is 1.81 bits per heavy atom. The van der Waals surface area contributed by atoms with E-state index in [0.717, 1.165) is 0 Å². The third-order valence-corrected chi connectivity index (χ3v) is 18.0. The van der Waals surface area contributed by atoms with E-state index < -0.39 is 89.9 Å². The summed E-state index contributed by atoms with van der Waals surface area (Å²) in [6, 6.07) is 10.4. The normalized spacial score (nSPS) is 24.0. The Labute approximate surface area is 379 Å². The highest BCUT2D eigenvalue weighted by molar-refractivity contribution is 8.39. The van der Waals surface area contributed by atoms with Gasteiger partial charge in [0.1, 0.15) is 48.4 Å². The molecule has 2 saturated heterocycles. The lowest BCUT2D eigenvalue weighted by atomic mass is 10.1.